The quantitative estimate of drug-likeness (QED) is 0.455. The van der Waals surface area contributed by atoms with E-state index < -0.39 is 12.4 Å². The van der Waals surface area contributed by atoms with Crippen LogP contribution in [0.15, 0.2) is 0 Å². The first kappa shape index (κ1) is 11.1. The Balaban J connectivity index is 0. The van der Waals surface area contributed by atoms with Gasteiger partial charge in [-0.1, -0.05) is 0 Å². The molecule has 0 aliphatic carbocycles. The number of esters is 1. The molecule has 45 valence electrons. The van der Waals surface area contributed by atoms with Gasteiger partial charge in [0.2, 0.25) is 5.97 Å². The molecule has 8 heavy (non-hydrogen) atoms. The van der Waals surface area contributed by atoms with E-state index in [1.54, 1.807) is 0 Å². The van der Waals surface area contributed by atoms with Crippen molar-refractivity contribution in [1.29, 1.82) is 0 Å². The molecular weight excluding hydrogens is 195 g/mol. The first-order valence-electron chi connectivity index (χ1n) is 1.44. The van der Waals surface area contributed by atoms with Crippen LogP contribution < -0.4 is 0 Å². The Labute approximate surface area is 70.5 Å². The van der Waals surface area contributed by atoms with Gasteiger partial charge in [0.05, 0.1) is 7.11 Å². The third-order valence-corrected chi connectivity index (χ3v) is 0.340. The first-order valence-corrected chi connectivity index (χ1v) is 1.44. The molecule has 0 heterocycles. The number of rotatable bonds is 1. The zero-order valence-corrected chi connectivity index (χ0v) is 6.99. The number of carbonyl (C=O) groups excluding carboxylic acids is 1. The molecular formula is C3H3F2O2Y-. The van der Waals surface area contributed by atoms with Crippen molar-refractivity contribution in [1.82, 2.24) is 0 Å². The molecule has 0 fully saturated rings. The SMILES string of the molecule is COC(=O)[C-](F)F.[Y]. The minimum atomic E-state index is -2.32. The van der Waals surface area contributed by atoms with Gasteiger partial charge >= 0.3 is 0 Å². The predicted octanol–water partition coefficient (Wildman–Crippen LogP) is 0.585. The largest absolute Gasteiger partial charge is 0.487 e. The Morgan fingerprint density at radius 3 is 2.00 bits per heavy atom. The number of carbonyl (C=O) groups is 1. The average Bonchev–Trinajstić information content (AvgIpc) is 1.65. The molecule has 1 radical (unpaired) electrons. The molecule has 0 amide bonds. The summed E-state index contributed by atoms with van der Waals surface area (Å²) in [6, 6.07) is 0. The second-order valence-corrected chi connectivity index (χ2v) is 0.752. The molecule has 5 heteroatoms. The molecule has 0 bridgehead atoms. The number of ether oxygens (including phenoxy) is 1. The number of hydrogen-bond acceptors (Lipinski definition) is 2. The van der Waals surface area contributed by atoms with Crippen LogP contribution in [0.3, 0.4) is 0 Å². The van der Waals surface area contributed by atoms with E-state index in [1.807, 2.05) is 0 Å². The zero-order chi connectivity index (χ0) is 5.86. The second-order valence-electron chi connectivity index (χ2n) is 0.752. The van der Waals surface area contributed by atoms with Crippen LogP contribution in [0, 0.1) is 6.43 Å². The zero-order valence-electron chi connectivity index (χ0n) is 4.15. The van der Waals surface area contributed by atoms with Crippen LogP contribution in [-0.2, 0) is 42.2 Å². The van der Waals surface area contributed by atoms with E-state index in [4.69, 9.17) is 0 Å². The van der Waals surface area contributed by atoms with E-state index in [0.29, 0.717) is 0 Å². The van der Waals surface area contributed by atoms with Crippen molar-refractivity contribution in [3.63, 3.8) is 0 Å². The maximum atomic E-state index is 10.9. The third kappa shape index (κ3) is 4.46. The van der Waals surface area contributed by atoms with Gasteiger partial charge in [0, 0.05) is 39.1 Å². The Morgan fingerprint density at radius 2 is 2.00 bits per heavy atom. The molecule has 0 N–H and O–H groups in total. The van der Waals surface area contributed by atoms with E-state index in [9.17, 15) is 13.6 Å². The summed E-state index contributed by atoms with van der Waals surface area (Å²) in [5.74, 6) is -1.57. The number of methoxy groups -OCH3 is 1. The molecule has 2 nitrogen and oxygen atoms in total. The summed E-state index contributed by atoms with van der Waals surface area (Å²) in [5, 5.41) is 0. The minimum Gasteiger partial charge on any atom is -0.487 e. The van der Waals surface area contributed by atoms with Crippen LogP contribution in [0.25, 0.3) is 0 Å². The summed E-state index contributed by atoms with van der Waals surface area (Å²) in [6.45, 7) is 0. The van der Waals surface area contributed by atoms with E-state index >= 15 is 0 Å². The van der Waals surface area contributed by atoms with Crippen LogP contribution in [0.1, 0.15) is 0 Å². The van der Waals surface area contributed by atoms with Crippen molar-refractivity contribution in [3.05, 3.63) is 6.43 Å². The van der Waals surface area contributed by atoms with E-state index in [0.717, 1.165) is 7.11 Å². The molecule has 0 aromatic rings. The van der Waals surface area contributed by atoms with Gasteiger partial charge in [-0.3, -0.25) is 4.79 Å². The molecule has 0 atom stereocenters. The Kier molecular flexibility index (Phi) is 7.58. The standard InChI is InChI=1S/C3H3F2O2.Y/c1-7-3(6)2(4)5;/h1H3;/q-1;. The van der Waals surface area contributed by atoms with Crippen molar-refractivity contribution < 1.29 is 51.0 Å². The van der Waals surface area contributed by atoms with Crippen molar-refractivity contribution in [2.45, 2.75) is 0 Å². The van der Waals surface area contributed by atoms with Gasteiger partial charge in [-0.25, -0.2) is 0 Å². The van der Waals surface area contributed by atoms with Gasteiger partial charge in [-0.15, -0.1) is 0 Å². The number of halogens is 2. The Bertz CT molecular complexity index is 75.7. The number of hydrogen-bond donors (Lipinski definition) is 0. The normalized spacial score (nSPS) is 6.88. The first-order chi connectivity index (χ1) is 3.18. The van der Waals surface area contributed by atoms with E-state index in [-0.39, 0.29) is 32.7 Å². The predicted molar refractivity (Wildman–Crippen MR) is 17.5 cm³/mol. The smallest absolute Gasteiger partial charge is 0.228 e. The van der Waals surface area contributed by atoms with Gasteiger partial charge in [0.1, 0.15) is 0 Å². The third-order valence-electron chi connectivity index (χ3n) is 0.340. The maximum Gasteiger partial charge on any atom is 0.228 e. The van der Waals surface area contributed by atoms with Crippen molar-refractivity contribution >= 4 is 5.97 Å². The topological polar surface area (TPSA) is 26.3 Å². The fourth-order valence-electron chi connectivity index (χ4n) is 0.0772. The van der Waals surface area contributed by atoms with Crippen molar-refractivity contribution in [3.8, 4) is 0 Å². The molecule has 0 saturated carbocycles. The van der Waals surface area contributed by atoms with Crippen LogP contribution in [-0.4, -0.2) is 13.1 Å². The Morgan fingerprint density at radius 1 is 1.62 bits per heavy atom. The van der Waals surface area contributed by atoms with Gasteiger partial charge in [0.15, 0.2) is 0 Å². The molecule has 0 rings (SSSR count). The fraction of sp³-hybridized carbons (Fsp3) is 0.333. The summed E-state index contributed by atoms with van der Waals surface area (Å²) >= 11 is 0. The molecule has 0 saturated heterocycles. The van der Waals surface area contributed by atoms with Crippen molar-refractivity contribution in [2.24, 2.45) is 0 Å². The van der Waals surface area contributed by atoms with Crippen LogP contribution >= 0.6 is 0 Å². The van der Waals surface area contributed by atoms with Gasteiger partial charge in [0.25, 0.3) is 0 Å². The summed E-state index contributed by atoms with van der Waals surface area (Å²) in [4.78, 5) is 9.50. The maximum absolute atomic E-state index is 10.9. The van der Waals surface area contributed by atoms with Crippen LogP contribution in [0.2, 0.25) is 0 Å². The molecule has 0 aliphatic heterocycles. The second kappa shape index (κ2) is 5.44. The summed E-state index contributed by atoms with van der Waals surface area (Å²) in [7, 11) is 0.890. The van der Waals surface area contributed by atoms with Crippen molar-refractivity contribution in [2.75, 3.05) is 7.11 Å². The molecule has 0 aromatic heterocycles. The monoisotopic (exact) mass is 198 g/mol. The molecule has 0 unspecified atom stereocenters. The van der Waals surface area contributed by atoms with Gasteiger partial charge < -0.3 is 13.5 Å². The Hall–Kier alpha value is 0.304. The molecule has 0 aromatic carbocycles. The molecule has 0 spiro atoms. The van der Waals surface area contributed by atoms with Gasteiger partial charge in [-0.2, -0.15) is 0 Å². The fourth-order valence-corrected chi connectivity index (χ4v) is 0.0772. The van der Waals surface area contributed by atoms with E-state index in [1.165, 1.54) is 0 Å². The van der Waals surface area contributed by atoms with Gasteiger partial charge in [-0.05, 0) is 0 Å². The average molecular weight is 198 g/mol. The van der Waals surface area contributed by atoms with E-state index in [2.05, 4.69) is 4.74 Å². The summed E-state index contributed by atoms with van der Waals surface area (Å²) in [5.41, 5.74) is 0. The minimum absolute atomic E-state index is 0. The summed E-state index contributed by atoms with van der Waals surface area (Å²) < 4.78 is 25.3. The molecule has 0 aliphatic rings. The summed E-state index contributed by atoms with van der Waals surface area (Å²) in [6.07, 6.45) is -2.32. The van der Waals surface area contributed by atoms with Crippen LogP contribution in [0.4, 0.5) is 8.78 Å². The van der Waals surface area contributed by atoms with Crippen LogP contribution in [0.5, 0.6) is 0 Å².